The molecule has 34 heavy (non-hydrogen) atoms. The molecule has 4 nitrogen and oxygen atoms in total. The molecule has 6 aromatic rings. The van der Waals surface area contributed by atoms with Gasteiger partial charge in [0, 0.05) is 25.5 Å². The van der Waals surface area contributed by atoms with Gasteiger partial charge >= 0.3 is 21.1 Å². The maximum Gasteiger partial charge on any atom is 2.00 e. The largest absolute Gasteiger partial charge is 2.00 e. The van der Waals surface area contributed by atoms with Crippen LogP contribution in [0.4, 0.5) is 0 Å². The minimum atomic E-state index is -0.382. The zero-order chi connectivity index (χ0) is 22.7. The molecule has 7 heteroatoms. The van der Waals surface area contributed by atoms with Crippen molar-refractivity contribution in [1.29, 1.82) is 0 Å². The molecule has 0 N–H and O–H groups in total. The Labute approximate surface area is 221 Å². The molecule has 0 bridgehead atoms. The van der Waals surface area contributed by atoms with Crippen molar-refractivity contribution in [3.8, 4) is 21.1 Å². The SMILES string of the molecule is Cn1cc(-c2[c-]c3ccccc3s2)nc1C(C)(C)c1nc(-c2[c-]c3ccccc3s2)cn1C.[Pt+2]. The van der Waals surface area contributed by atoms with E-state index in [9.17, 15) is 0 Å². The second kappa shape index (κ2) is 8.60. The number of benzene rings is 2. The van der Waals surface area contributed by atoms with Gasteiger partial charge in [-0.15, -0.1) is 47.2 Å². The van der Waals surface area contributed by atoms with Crippen LogP contribution in [0.3, 0.4) is 0 Å². The first-order valence-corrected chi connectivity index (χ1v) is 12.4. The molecule has 0 fully saturated rings. The molecule has 0 atom stereocenters. The van der Waals surface area contributed by atoms with Crippen molar-refractivity contribution >= 4 is 42.8 Å². The second-order valence-corrected chi connectivity index (χ2v) is 11.0. The van der Waals surface area contributed by atoms with E-state index >= 15 is 0 Å². The first-order chi connectivity index (χ1) is 15.9. The fourth-order valence-electron chi connectivity index (χ4n) is 4.48. The summed E-state index contributed by atoms with van der Waals surface area (Å²) in [7, 11) is 4.12. The number of imidazole rings is 2. The van der Waals surface area contributed by atoms with Crippen molar-refractivity contribution in [2.75, 3.05) is 0 Å². The Morgan fingerprint density at radius 2 is 1.12 bits per heavy atom. The standard InChI is InChI=1S/C27H22N4S2.Pt/c1-27(2,25-28-19(15-30(25)3)23-13-17-9-5-7-11-21(17)32-23)26-29-20(16-31(26)4)24-14-18-10-6-8-12-22(18)33-24;/h5-12,15-16H,1-4H3;/q-2;+2. The number of fused-ring (bicyclic) bond motifs is 2. The number of aryl methyl sites for hydroxylation is 2. The van der Waals surface area contributed by atoms with Crippen LogP contribution in [0.15, 0.2) is 60.9 Å². The maximum absolute atomic E-state index is 5.06. The summed E-state index contributed by atoms with van der Waals surface area (Å²) >= 11 is 3.46. The van der Waals surface area contributed by atoms with Gasteiger partial charge in [0.05, 0.1) is 5.41 Å². The molecule has 0 amide bonds. The minimum absolute atomic E-state index is 0. The fourth-order valence-corrected chi connectivity index (χ4v) is 6.40. The monoisotopic (exact) mass is 661 g/mol. The molecule has 4 aromatic heterocycles. The van der Waals surface area contributed by atoms with E-state index in [2.05, 4.69) is 110 Å². The molecule has 6 rings (SSSR count). The number of rotatable bonds is 4. The van der Waals surface area contributed by atoms with Gasteiger partial charge in [-0.1, -0.05) is 24.3 Å². The number of hydrogen-bond donors (Lipinski definition) is 0. The van der Waals surface area contributed by atoms with Crippen molar-refractivity contribution in [2.45, 2.75) is 19.3 Å². The molecule has 0 aliphatic carbocycles. The summed E-state index contributed by atoms with van der Waals surface area (Å²) in [6.45, 7) is 4.38. The normalized spacial score (nSPS) is 11.9. The summed E-state index contributed by atoms with van der Waals surface area (Å²) in [5, 5.41) is 2.27. The van der Waals surface area contributed by atoms with Crippen LogP contribution in [0.1, 0.15) is 25.5 Å². The van der Waals surface area contributed by atoms with Crippen molar-refractivity contribution in [3.63, 3.8) is 0 Å². The first-order valence-electron chi connectivity index (χ1n) is 10.8. The minimum Gasteiger partial charge on any atom is -0.346 e. The van der Waals surface area contributed by atoms with Crippen molar-refractivity contribution in [3.05, 3.63) is 84.7 Å². The van der Waals surface area contributed by atoms with E-state index in [0.29, 0.717) is 0 Å². The molecule has 0 radical (unpaired) electrons. The predicted molar refractivity (Wildman–Crippen MR) is 138 cm³/mol. The van der Waals surface area contributed by atoms with Gasteiger partial charge in [0.1, 0.15) is 11.6 Å². The quantitative estimate of drug-likeness (QED) is 0.194. The zero-order valence-corrected chi connectivity index (χ0v) is 23.1. The van der Waals surface area contributed by atoms with Gasteiger partial charge < -0.3 is 9.13 Å². The van der Waals surface area contributed by atoms with Crippen LogP contribution in [0.5, 0.6) is 0 Å². The summed E-state index contributed by atoms with van der Waals surface area (Å²) in [6.07, 6.45) is 4.20. The van der Waals surface area contributed by atoms with Crippen molar-refractivity contribution in [1.82, 2.24) is 19.1 Å². The summed E-state index contributed by atoms with van der Waals surface area (Å²) in [5.41, 5.74) is 1.52. The van der Waals surface area contributed by atoms with Gasteiger partial charge in [-0.2, -0.15) is 0 Å². The third-order valence-corrected chi connectivity index (χ3v) is 8.21. The first kappa shape index (κ1) is 23.2. The van der Waals surface area contributed by atoms with Gasteiger partial charge in [-0.25, -0.2) is 22.7 Å². The fraction of sp³-hybridized carbons (Fsp3) is 0.185. The molecule has 0 aliphatic heterocycles. The van der Waals surface area contributed by atoms with E-state index in [1.54, 1.807) is 22.7 Å². The zero-order valence-electron chi connectivity index (χ0n) is 19.2. The Morgan fingerprint density at radius 1 is 0.706 bits per heavy atom. The third-order valence-electron chi connectivity index (χ3n) is 6.03. The molecule has 2 aromatic carbocycles. The van der Waals surface area contributed by atoms with E-state index in [1.165, 1.54) is 9.40 Å². The molecule has 0 saturated heterocycles. The average molecular weight is 662 g/mol. The summed E-state index contributed by atoms with van der Waals surface area (Å²) < 4.78 is 6.70. The smallest absolute Gasteiger partial charge is 0.346 e. The number of nitrogens with zero attached hydrogens (tertiary/aromatic N) is 4. The molecule has 0 aliphatic rings. The molecule has 4 heterocycles. The Kier molecular flexibility index (Phi) is 5.87. The summed E-state index contributed by atoms with van der Waals surface area (Å²) in [5.74, 6) is 1.95. The average Bonchev–Trinajstić information content (AvgIpc) is 3.56. The number of hydrogen-bond acceptors (Lipinski definition) is 4. The molecule has 0 saturated carbocycles. The maximum atomic E-state index is 5.06. The summed E-state index contributed by atoms with van der Waals surface area (Å²) in [6, 6.07) is 23.7. The molecular weight excluding hydrogens is 640 g/mol. The van der Waals surface area contributed by atoms with E-state index < -0.39 is 0 Å². The van der Waals surface area contributed by atoms with Crippen LogP contribution < -0.4 is 0 Å². The van der Waals surface area contributed by atoms with Gasteiger partial charge in [-0.3, -0.25) is 9.97 Å². The van der Waals surface area contributed by atoms with E-state index in [4.69, 9.17) is 9.97 Å². The summed E-state index contributed by atoms with van der Waals surface area (Å²) in [4.78, 5) is 12.3. The van der Waals surface area contributed by atoms with E-state index in [-0.39, 0.29) is 26.5 Å². The van der Waals surface area contributed by atoms with E-state index in [0.717, 1.165) is 43.6 Å². The molecular formula is C27H22N4PtS2. The van der Waals surface area contributed by atoms with Crippen LogP contribution in [0.25, 0.3) is 41.3 Å². The van der Waals surface area contributed by atoms with Gasteiger partial charge in [-0.05, 0) is 45.4 Å². The molecule has 172 valence electrons. The van der Waals surface area contributed by atoms with Crippen LogP contribution in [0.2, 0.25) is 0 Å². The van der Waals surface area contributed by atoms with Gasteiger partial charge in [0.2, 0.25) is 0 Å². The topological polar surface area (TPSA) is 35.6 Å². The number of aromatic nitrogens is 4. The van der Waals surface area contributed by atoms with Gasteiger partial charge in [0.25, 0.3) is 0 Å². The van der Waals surface area contributed by atoms with Crippen LogP contribution >= 0.6 is 22.7 Å². The third kappa shape index (κ3) is 3.78. The Bertz CT molecular complexity index is 1450. The predicted octanol–water partition coefficient (Wildman–Crippen LogP) is 6.84. The molecule has 0 spiro atoms. The Morgan fingerprint density at radius 3 is 1.53 bits per heavy atom. The Balaban J connectivity index is 0.00000241. The van der Waals surface area contributed by atoms with Crippen LogP contribution in [-0.2, 0) is 40.6 Å². The van der Waals surface area contributed by atoms with Crippen LogP contribution in [0, 0.1) is 12.1 Å². The van der Waals surface area contributed by atoms with Crippen molar-refractivity contribution < 1.29 is 21.1 Å². The van der Waals surface area contributed by atoms with E-state index in [1.807, 2.05) is 0 Å². The Hall–Kier alpha value is -2.53. The van der Waals surface area contributed by atoms with Crippen LogP contribution in [-0.4, -0.2) is 19.1 Å². The van der Waals surface area contributed by atoms with Crippen molar-refractivity contribution in [2.24, 2.45) is 14.1 Å². The number of thiophene rings is 2. The van der Waals surface area contributed by atoms with Gasteiger partial charge in [0.15, 0.2) is 0 Å². The second-order valence-electron chi connectivity index (χ2n) is 8.85. The molecule has 0 unspecified atom stereocenters.